The van der Waals surface area contributed by atoms with Gasteiger partial charge in [0.15, 0.2) is 11.5 Å². The molecule has 0 radical (unpaired) electrons. The summed E-state index contributed by atoms with van der Waals surface area (Å²) in [5.41, 5.74) is 0.794. The molecule has 1 amide bonds. The third-order valence-electron chi connectivity index (χ3n) is 4.14. The van der Waals surface area contributed by atoms with Crippen LogP contribution in [0, 0.1) is 0 Å². The van der Waals surface area contributed by atoms with Crippen molar-refractivity contribution in [1.82, 2.24) is 0 Å². The smallest absolute Gasteiger partial charge is 0.258 e. The van der Waals surface area contributed by atoms with Gasteiger partial charge in [0.1, 0.15) is 5.75 Å². The molecular formula is C20H26N2O6S. The summed E-state index contributed by atoms with van der Waals surface area (Å²) in [6.07, 6.45) is 1.08. The molecule has 0 bridgehead atoms. The van der Waals surface area contributed by atoms with E-state index in [-0.39, 0.29) is 17.8 Å². The van der Waals surface area contributed by atoms with Gasteiger partial charge in [-0.15, -0.1) is 0 Å². The van der Waals surface area contributed by atoms with Gasteiger partial charge in [-0.3, -0.25) is 9.10 Å². The summed E-state index contributed by atoms with van der Waals surface area (Å²) < 4.78 is 41.8. The Kier molecular flexibility index (Phi) is 7.33. The van der Waals surface area contributed by atoms with Crippen LogP contribution < -0.4 is 23.8 Å². The maximum absolute atomic E-state index is 13.1. The first kappa shape index (κ1) is 22.4. The van der Waals surface area contributed by atoms with Crippen LogP contribution in [0.4, 0.5) is 11.4 Å². The second-order valence-corrected chi connectivity index (χ2v) is 7.94. The van der Waals surface area contributed by atoms with Gasteiger partial charge in [-0.25, -0.2) is 8.42 Å². The fraction of sp³-hybridized carbons (Fsp3) is 0.350. The third-order valence-corrected chi connectivity index (χ3v) is 5.39. The number of benzene rings is 2. The van der Waals surface area contributed by atoms with Gasteiger partial charge in [-0.2, -0.15) is 0 Å². The predicted molar refractivity (Wildman–Crippen MR) is 113 cm³/mol. The lowest BCUT2D eigenvalue weighted by atomic mass is 10.1. The van der Waals surface area contributed by atoms with Crippen LogP contribution in [0.1, 0.15) is 24.2 Å². The quantitative estimate of drug-likeness (QED) is 0.667. The first-order valence-corrected chi connectivity index (χ1v) is 10.9. The molecule has 8 nitrogen and oxygen atoms in total. The molecule has 0 heterocycles. The summed E-state index contributed by atoms with van der Waals surface area (Å²) >= 11 is 0. The van der Waals surface area contributed by atoms with Crippen molar-refractivity contribution in [3.8, 4) is 17.2 Å². The van der Waals surface area contributed by atoms with E-state index < -0.39 is 15.9 Å². The first-order valence-electron chi connectivity index (χ1n) is 9.03. The van der Waals surface area contributed by atoms with Crippen LogP contribution in [0.25, 0.3) is 0 Å². The van der Waals surface area contributed by atoms with Gasteiger partial charge in [-0.1, -0.05) is 12.1 Å². The summed E-state index contributed by atoms with van der Waals surface area (Å²) in [4.78, 5) is 13.1. The van der Waals surface area contributed by atoms with Crippen LogP contribution in [0.3, 0.4) is 0 Å². The lowest BCUT2D eigenvalue weighted by Crippen LogP contribution is -2.31. The van der Waals surface area contributed by atoms with Gasteiger partial charge in [0.05, 0.1) is 44.0 Å². The molecule has 2 aromatic rings. The van der Waals surface area contributed by atoms with E-state index in [2.05, 4.69) is 5.32 Å². The van der Waals surface area contributed by atoms with Gasteiger partial charge in [0.25, 0.3) is 5.91 Å². The van der Waals surface area contributed by atoms with Gasteiger partial charge in [0, 0.05) is 12.6 Å². The molecule has 2 aromatic carbocycles. The van der Waals surface area contributed by atoms with Crippen LogP contribution in [0.2, 0.25) is 0 Å². The van der Waals surface area contributed by atoms with Gasteiger partial charge >= 0.3 is 0 Å². The van der Waals surface area contributed by atoms with Crippen molar-refractivity contribution >= 4 is 27.3 Å². The Balaban J connectivity index is 2.59. The summed E-state index contributed by atoms with van der Waals surface area (Å²) in [7, 11) is -0.743. The molecule has 0 aliphatic rings. The van der Waals surface area contributed by atoms with Crippen molar-refractivity contribution in [1.29, 1.82) is 0 Å². The van der Waals surface area contributed by atoms with Crippen LogP contribution in [-0.4, -0.2) is 48.0 Å². The molecule has 0 unspecified atom stereocenters. The average Bonchev–Trinajstić information content (AvgIpc) is 2.68. The lowest BCUT2D eigenvalue weighted by molar-refractivity contribution is 0.102. The standard InChI is InChI=1S/C20H26N2O6S/c1-6-22(29(5,24)25)16-13-19(27-4)18(26-3)12-14(16)20(23)21-15-10-8-9-11-17(15)28-7-2/h8-13H,6-7H2,1-5H3,(H,21,23). The number of hydrogen-bond donors (Lipinski definition) is 1. The lowest BCUT2D eigenvalue weighted by Gasteiger charge is -2.24. The van der Waals surface area contributed by atoms with E-state index in [4.69, 9.17) is 14.2 Å². The number of nitrogens with zero attached hydrogens (tertiary/aromatic N) is 1. The monoisotopic (exact) mass is 422 g/mol. The minimum Gasteiger partial charge on any atom is -0.493 e. The Morgan fingerprint density at radius 1 is 1.03 bits per heavy atom. The molecule has 0 aromatic heterocycles. The second kappa shape index (κ2) is 9.51. The van der Waals surface area contributed by atoms with E-state index >= 15 is 0 Å². The molecule has 29 heavy (non-hydrogen) atoms. The largest absolute Gasteiger partial charge is 0.493 e. The van der Waals surface area contributed by atoms with Crippen LogP contribution in [0.15, 0.2) is 36.4 Å². The average molecular weight is 423 g/mol. The van der Waals surface area contributed by atoms with Crippen molar-refractivity contribution in [2.75, 3.05) is 43.2 Å². The molecule has 9 heteroatoms. The van der Waals surface area contributed by atoms with E-state index in [1.807, 2.05) is 6.92 Å². The van der Waals surface area contributed by atoms with Crippen LogP contribution >= 0.6 is 0 Å². The maximum Gasteiger partial charge on any atom is 0.258 e. The Hall–Kier alpha value is -2.94. The highest BCUT2D eigenvalue weighted by atomic mass is 32.2. The van der Waals surface area contributed by atoms with Crippen molar-refractivity contribution in [2.24, 2.45) is 0 Å². The molecule has 158 valence electrons. The minimum atomic E-state index is -3.63. The van der Waals surface area contributed by atoms with E-state index in [1.165, 1.54) is 26.4 Å². The number of carbonyl (C=O) groups is 1. The number of nitrogens with one attached hydrogen (secondary N) is 1. The van der Waals surface area contributed by atoms with Crippen molar-refractivity contribution < 1.29 is 27.4 Å². The van der Waals surface area contributed by atoms with E-state index in [0.29, 0.717) is 29.5 Å². The molecule has 0 saturated heterocycles. The SMILES string of the molecule is CCOc1ccccc1NC(=O)c1cc(OC)c(OC)cc1N(CC)S(C)(=O)=O. The minimum absolute atomic E-state index is 0.126. The summed E-state index contributed by atoms with van der Waals surface area (Å²) in [6.45, 7) is 4.11. The van der Waals surface area contributed by atoms with Gasteiger partial charge < -0.3 is 19.5 Å². The van der Waals surface area contributed by atoms with Gasteiger partial charge in [-0.05, 0) is 32.0 Å². The summed E-state index contributed by atoms with van der Waals surface area (Å²) in [5, 5.41) is 2.79. The van der Waals surface area contributed by atoms with E-state index in [9.17, 15) is 13.2 Å². The molecule has 0 aliphatic heterocycles. The van der Waals surface area contributed by atoms with E-state index in [1.54, 1.807) is 31.2 Å². The normalized spacial score (nSPS) is 10.9. The topological polar surface area (TPSA) is 94.2 Å². The zero-order chi connectivity index (χ0) is 21.6. The molecule has 2 rings (SSSR count). The van der Waals surface area contributed by atoms with Crippen LogP contribution in [0.5, 0.6) is 17.2 Å². The fourth-order valence-electron chi connectivity index (χ4n) is 2.88. The van der Waals surface area contributed by atoms with Gasteiger partial charge in [0.2, 0.25) is 10.0 Å². The number of para-hydroxylation sites is 2. The van der Waals surface area contributed by atoms with Crippen molar-refractivity contribution in [2.45, 2.75) is 13.8 Å². The molecule has 0 aliphatic carbocycles. The molecular weight excluding hydrogens is 396 g/mol. The Labute approximate surface area is 171 Å². The highest BCUT2D eigenvalue weighted by molar-refractivity contribution is 7.92. The zero-order valence-corrected chi connectivity index (χ0v) is 18.0. The molecule has 0 fully saturated rings. The molecule has 0 spiro atoms. The number of carbonyl (C=O) groups excluding carboxylic acids is 1. The molecule has 0 saturated carbocycles. The molecule has 0 atom stereocenters. The number of ether oxygens (including phenoxy) is 3. The third kappa shape index (κ3) is 5.11. The zero-order valence-electron chi connectivity index (χ0n) is 17.2. The highest BCUT2D eigenvalue weighted by Crippen LogP contribution is 2.37. The highest BCUT2D eigenvalue weighted by Gasteiger charge is 2.25. The van der Waals surface area contributed by atoms with Crippen molar-refractivity contribution in [3.05, 3.63) is 42.0 Å². The molecule has 1 N–H and O–H groups in total. The summed E-state index contributed by atoms with van der Waals surface area (Å²) in [6, 6.07) is 9.95. The fourth-order valence-corrected chi connectivity index (χ4v) is 3.86. The number of hydrogen-bond acceptors (Lipinski definition) is 6. The number of sulfonamides is 1. The first-order chi connectivity index (χ1) is 13.8. The van der Waals surface area contributed by atoms with Crippen LogP contribution in [-0.2, 0) is 10.0 Å². The predicted octanol–water partition coefficient (Wildman–Crippen LogP) is 3.14. The van der Waals surface area contributed by atoms with Crippen molar-refractivity contribution in [3.63, 3.8) is 0 Å². The Morgan fingerprint density at radius 3 is 2.21 bits per heavy atom. The summed E-state index contributed by atoms with van der Waals surface area (Å²) in [5.74, 6) is 0.635. The second-order valence-electron chi connectivity index (χ2n) is 6.04. The maximum atomic E-state index is 13.1. The van der Waals surface area contributed by atoms with E-state index in [0.717, 1.165) is 10.6 Å². The number of amides is 1. The number of methoxy groups -OCH3 is 2. The number of anilines is 2. The Morgan fingerprint density at radius 2 is 1.66 bits per heavy atom. The Bertz CT molecular complexity index is 975. The number of rotatable bonds is 9.